The van der Waals surface area contributed by atoms with Crippen molar-refractivity contribution in [2.45, 2.75) is 32.7 Å². The molecule has 0 aliphatic heterocycles. The molecule has 6 unspecified atom stereocenters. The first-order chi connectivity index (χ1) is 15.5. The number of aliphatic imine (C=N–C) groups is 1. The molecule has 4 fully saturated rings. The average Bonchev–Trinajstić information content (AvgIpc) is 3.38. The molecular formula is C26H26N4OS. The van der Waals surface area contributed by atoms with Gasteiger partial charge in [0.25, 0.3) is 0 Å². The monoisotopic (exact) mass is 442 g/mol. The maximum Gasteiger partial charge on any atom is 0.195 e. The Morgan fingerprint density at radius 3 is 2.81 bits per heavy atom. The summed E-state index contributed by atoms with van der Waals surface area (Å²) in [6.45, 7) is 4.16. The van der Waals surface area contributed by atoms with Gasteiger partial charge in [0, 0.05) is 10.9 Å². The van der Waals surface area contributed by atoms with Crippen LogP contribution in [-0.2, 0) is 0 Å². The minimum atomic E-state index is 0.434. The number of nitrogens with two attached hydrogens (primary N) is 1. The summed E-state index contributed by atoms with van der Waals surface area (Å²) in [7, 11) is 0. The number of hydrogen-bond acceptors (Lipinski definition) is 4. The lowest BCUT2D eigenvalue weighted by Gasteiger charge is -2.26. The molecule has 7 rings (SSSR count). The van der Waals surface area contributed by atoms with E-state index in [0.29, 0.717) is 17.4 Å². The molecule has 4 aliphatic rings. The van der Waals surface area contributed by atoms with Gasteiger partial charge in [-0.25, -0.2) is 9.98 Å². The van der Waals surface area contributed by atoms with E-state index in [-0.39, 0.29) is 0 Å². The van der Waals surface area contributed by atoms with E-state index in [2.05, 4.69) is 31.3 Å². The summed E-state index contributed by atoms with van der Waals surface area (Å²) in [5, 5.41) is 6.05. The van der Waals surface area contributed by atoms with Crippen molar-refractivity contribution < 1.29 is 4.74 Å². The van der Waals surface area contributed by atoms with E-state index < -0.39 is 0 Å². The van der Waals surface area contributed by atoms with E-state index in [1.165, 1.54) is 18.4 Å². The topological polar surface area (TPSA) is 72.5 Å². The fourth-order valence-corrected chi connectivity index (χ4v) is 7.67. The van der Waals surface area contributed by atoms with Crippen molar-refractivity contribution in [2.75, 3.05) is 5.32 Å². The predicted octanol–water partition coefficient (Wildman–Crippen LogP) is 5.60. The molecule has 6 atom stereocenters. The van der Waals surface area contributed by atoms with E-state index in [1.54, 1.807) is 11.3 Å². The van der Waals surface area contributed by atoms with Crippen LogP contribution in [0.2, 0.25) is 0 Å². The molecule has 1 spiro atoms. The largest absolute Gasteiger partial charge is 0.456 e. The number of fused-ring (bicyclic) bond motifs is 3. The van der Waals surface area contributed by atoms with Crippen LogP contribution in [0.1, 0.15) is 24.0 Å². The maximum absolute atomic E-state index is 6.29. The third-order valence-electron chi connectivity index (χ3n) is 8.30. The summed E-state index contributed by atoms with van der Waals surface area (Å²) in [6.07, 6.45) is 2.77. The molecule has 1 heterocycles. The summed E-state index contributed by atoms with van der Waals surface area (Å²) < 4.78 is 6.27. The molecular weight excluding hydrogens is 416 g/mol. The summed E-state index contributed by atoms with van der Waals surface area (Å²) in [4.78, 5) is 9.67. The Morgan fingerprint density at radius 2 is 2.06 bits per heavy atom. The Hall–Kier alpha value is -2.86. The molecule has 3 N–H and O–H groups in total. The number of thiazole rings is 1. The molecule has 2 aromatic carbocycles. The zero-order chi connectivity index (χ0) is 21.6. The fourth-order valence-electron chi connectivity index (χ4n) is 6.95. The number of aryl methyl sites for hydroxylation is 2. The number of nitrogens with one attached hydrogen (secondary N) is 1. The lowest BCUT2D eigenvalue weighted by Crippen LogP contribution is -2.32. The van der Waals surface area contributed by atoms with Crippen LogP contribution >= 0.6 is 11.3 Å². The van der Waals surface area contributed by atoms with Crippen LogP contribution in [-0.4, -0.2) is 17.0 Å². The highest BCUT2D eigenvalue weighted by atomic mass is 32.1. The van der Waals surface area contributed by atoms with Crippen molar-refractivity contribution in [2.24, 2.45) is 39.8 Å². The van der Waals surface area contributed by atoms with Crippen molar-refractivity contribution in [3.8, 4) is 22.8 Å². The first-order valence-electron chi connectivity index (χ1n) is 11.4. The lowest BCUT2D eigenvalue weighted by atomic mass is 9.84. The van der Waals surface area contributed by atoms with E-state index in [0.717, 1.165) is 57.1 Å². The third kappa shape index (κ3) is 2.56. The first-order valence-corrected chi connectivity index (χ1v) is 12.3. The summed E-state index contributed by atoms with van der Waals surface area (Å²) in [5.74, 6) is 5.77. The number of benzene rings is 2. The van der Waals surface area contributed by atoms with Gasteiger partial charge in [-0.3, -0.25) is 0 Å². The molecule has 162 valence electrons. The number of ether oxygens (including phenoxy) is 1. The smallest absolute Gasteiger partial charge is 0.195 e. The minimum Gasteiger partial charge on any atom is -0.456 e. The maximum atomic E-state index is 6.29. The molecule has 4 saturated carbocycles. The van der Waals surface area contributed by atoms with Crippen LogP contribution in [0.4, 0.5) is 5.13 Å². The van der Waals surface area contributed by atoms with Crippen molar-refractivity contribution >= 4 is 22.4 Å². The summed E-state index contributed by atoms with van der Waals surface area (Å²) >= 11 is 1.54. The SMILES string of the molecule is Cc1ccc(Oc2ccccc2-c2csc(NC(N)=NC3C4CC5C6C3C56C4)n2)c(C)c1. The Bertz CT molecular complexity index is 1280. The van der Waals surface area contributed by atoms with Gasteiger partial charge < -0.3 is 15.8 Å². The molecule has 0 saturated heterocycles. The number of nitrogens with zero attached hydrogens (tertiary/aromatic N) is 2. The Morgan fingerprint density at radius 1 is 1.19 bits per heavy atom. The van der Waals surface area contributed by atoms with Crippen LogP contribution in [0, 0.1) is 42.9 Å². The zero-order valence-electron chi connectivity index (χ0n) is 18.2. The highest BCUT2D eigenvalue weighted by molar-refractivity contribution is 7.14. The summed E-state index contributed by atoms with van der Waals surface area (Å²) in [6, 6.07) is 14.7. The molecule has 32 heavy (non-hydrogen) atoms. The second-order valence-electron chi connectivity index (χ2n) is 10.0. The van der Waals surface area contributed by atoms with Crippen LogP contribution < -0.4 is 15.8 Å². The number of para-hydroxylation sites is 1. The number of rotatable bonds is 5. The van der Waals surface area contributed by atoms with Crippen LogP contribution in [0.5, 0.6) is 11.5 Å². The van der Waals surface area contributed by atoms with E-state index in [1.807, 2.05) is 35.7 Å². The molecule has 1 aromatic heterocycles. The number of anilines is 1. The number of hydrogen-bond donors (Lipinski definition) is 2. The van der Waals surface area contributed by atoms with E-state index in [4.69, 9.17) is 20.4 Å². The van der Waals surface area contributed by atoms with Gasteiger partial charge in [0.15, 0.2) is 11.1 Å². The van der Waals surface area contributed by atoms with Crippen molar-refractivity contribution in [3.05, 3.63) is 59.0 Å². The molecule has 0 amide bonds. The number of aromatic nitrogens is 1. The van der Waals surface area contributed by atoms with E-state index in [9.17, 15) is 0 Å². The van der Waals surface area contributed by atoms with Crippen LogP contribution in [0.25, 0.3) is 11.3 Å². The molecule has 4 aliphatic carbocycles. The van der Waals surface area contributed by atoms with Gasteiger partial charge in [-0.1, -0.05) is 29.8 Å². The Labute approximate surface area is 191 Å². The predicted molar refractivity (Wildman–Crippen MR) is 128 cm³/mol. The van der Waals surface area contributed by atoms with Crippen LogP contribution in [0.15, 0.2) is 52.8 Å². The second-order valence-corrected chi connectivity index (χ2v) is 10.9. The normalized spacial score (nSPS) is 33.2. The van der Waals surface area contributed by atoms with Gasteiger partial charge in [-0.05, 0) is 79.5 Å². The Kier molecular flexibility index (Phi) is 3.71. The average molecular weight is 443 g/mol. The van der Waals surface area contributed by atoms with Crippen molar-refractivity contribution in [3.63, 3.8) is 0 Å². The van der Waals surface area contributed by atoms with Gasteiger partial charge in [-0.15, -0.1) is 11.3 Å². The van der Waals surface area contributed by atoms with Gasteiger partial charge in [0.2, 0.25) is 0 Å². The molecule has 2 bridgehead atoms. The second kappa shape index (κ2) is 6.35. The molecule has 5 nitrogen and oxygen atoms in total. The van der Waals surface area contributed by atoms with Gasteiger partial charge in [0.1, 0.15) is 11.5 Å². The third-order valence-corrected chi connectivity index (χ3v) is 9.06. The standard InChI is InChI=1S/C26H26N4OS/c1-13-7-8-19(14(2)9-13)31-20-6-4-3-5-16(20)18-12-32-25(28-18)30-24(27)29-23-15-10-17-21-22(23)26(17,21)11-15/h3-9,12,15,17,21-23H,10-11H2,1-2H3,(H3,27,28,29,30). The van der Waals surface area contributed by atoms with Crippen LogP contribution in [0.3, 0.4) is 0 Å². The van der Waals surface area contributed by atoms with E-state index >= 15 is 0 Å². The molecule has 6 heteroatoms. The Balaban J connectivity index is 1.10. The molecule has 0 radical (unpaired) electrons. The highest BCUT2D eigenvalue weighted by Crippen LogP contribution is 2.97. The van der Waals surface area contributed by atoms with Crippen molar-refractivity contribution in [1.29, 1.82) is 0 Å². The highest BCUT2D eigenvalue weighted by Gasteiger charge is 2.94. The number of guanidine groups is 1. The van der Waals surface area contributed by atoms with Crippen molar-refractivity contribution in [1.82, 2.24) is 4.98 Å². The quantitative estimate of drug-likeness (QED) is 0.398. The summed E-state index contributed by atoms with van der Waals surface area (Å²) in [5.41, 5.74) is 11.2. The minimum absolute atomic E-state index is 0.434. The fraction of sp³-hybridized carbons (Fsp3) is 0.385. The van der Waals surface area contributed by atoms with Gasteiger partial charge in [0.05, 0.1) is 11.7 Å². The first kappa shape index (κ1) is 18.7. The lowest BCUT2D eigenvalue weighted by molar-refractivity contribution is 0.280. The van der Waals surface area contributed by atoms with Gasteiger partial charge in [-0.2, -0.15) is 0 Å². The van der Waals surface area contributed by atoms with Gasteiger partial charge >= 0.3 is 0 Å². The zero-order valence-corrected chi connectivity index (χ0v) is 19.0. The molecule has 3 aromatic rings.